The molecule has 2 N–H and O–H groups in total. The van der Waals surface area contributed by atoms with E-state index >= 15 is 0 Å². The molecular weight excluding hydrogens is 244 g/mol. The third-order valence-corrected chi connectivity index (χ3v) is 2.11. The van der Waals surface area contributed by atoms with E-state index in [0.717, 1.165) is 19.7 Å². The molecule has 0 aromatic carbocycles. The predicted octanol–water partition coefficient (Wildman–Crippen LogP) is 0.750. The van der Waals surface area contributed by atoms with Crippen LogP contribution >= 0.6 is 25.3 Å². The molecule has 6 heteroatoms. The van der Waals surface area contributed by atoms with Crippen LogP contribution in [0.2, 0.25) is 0 Å². The Bertz CT molecular complexity index is 133. The van der Waals surface area contributed by atoms with Crippen LogP contribution in [-0.2, 0) is 9.47 Å². The zero-order valence-corrected chi connectivity index (χ0v) is 11.9. The summed E-state index contributed by atoms with van der Waals surface area (Å²) in [4.78, 5) is 0. The number of thiol groups is 2. The number of nitrogens with one attached hydrogen (secondary N) is 2. The fourth-order valence-electron chi connectivity index (χ4n) is 1.00. The zero-order chi connectivity index (χ0) is 12.2. The van der Waals surface area contributed by atoms with Crippen LogP contribution in [0.5, 0.6) is 0 Å². The van der Waals surface area contributed by atoms with Crippen molar-refractivity contribution in [1.29, 1.82) is 0 Å². The van der Waals surface area contributed by atoms with Crippen molar-refractivity contribution in [3.05, 3.63) is 0 Å². The van der Waals surface area contributed by atoms with E-state index in [1.54, 1.807) is 0 Å². The summed E-state index contributed by atoms with van der Waals surface area (Å²) in [6.07, 6.45) is 0. The van der Waals surface area contributed by atoms with Gasteiger partial charge in [-0.1, -0.05) is 13.8 Å². The molecule has 0 spiro atoms. The van der Waals surface area contributed by atoms with Crippen molar-refractivity contribution in [3.8, 4) is 0 Å². The Labute approximate surface area is 110 Å². The number of rotatable bonds is 11. The first-order chi connectivity index (χ1) is 7.63. The summed E-state index contributed by atoms with van der Waals surface area (Å²) in [7, 11) is 0. The molecule has 16 heavy (non-hydrogen) atoms. The lowest BCUT2D eigenvalue weighted by molar-refractivity contribution is 0.0497. The molecule has 0 heterocycles. The van der Waals surface area contributed by atoms with Crippen LogP contribution in [0.3, 0.4) is 0 Å². The smallest absolute Gasteiger partial charge is 0.0945 e. The van der Waals surface area contributed by atoms with Crippen LogP contribution in [0.25, 0.3) is 0 Å². The van der Waals surface area contributed by atoms with Gasteiger partial charge < -0.3 is 14.8 Å². The molecule has 0 unspecified atom stereocenters. The lowest BCUT2D eigenvalue weighted by Gasteiger charge is -2.09. The lowest BCUT2D eigenvalue weighted by Crippen LogP contribution is -2.27. The molecular formula is C10H24N2O2S2. The molecule has 0 rings (SSSR count). The van der Waals surface area contributed by atoms with Gasteiger partial charge in [-0.15, -0.1) is 25.3 Å². The van der Waals surface area contributed by atoms with Gasteiger partial charge in [0.1, 0.15) is 0 Å². The summed E-state index contributed by atoms with van der Waals surface area (Å²) >= 11 is 8.12. The summed E-state index contributed by atoms with van der Waals surface area (Å²) < 4.78 is 10.6. The fourth-order valence-corrected chi connectivity index (χ4v) is 1.26. The van der Waals surface area contributed by atoms with Crippen LogP contribution in [0, 0.1) is 0 Å². The van der Waals surface area contributed by atoms with E-state index in [1.165, 1.54) is 0 Å². The predicted molar refractivity (Wildman–Crippen MR) is 74.5 cm³/mol. The van der Waals surface area contributed by atoms with Crippen LogP contribution in [0.1, 0.15) is 13.8 Å². The van der Waals surface area contributed by atoms with Crippen LogP contribution in [0.15, 0.2) is 0 Å². The number of ether oxygens (including phenoxy) is 2. The molecule has 0 saturated heterocycles. The molecule has 0 atom stereocenters. The van der Waals surface area contributed by atoms with E-state index in [1.807, 2.05) is 0 Å². The molecule has 0 amide bonds. The van der Waals surface area contributed by atoms with Crippen molar-refractivity contribution in [1.82, 2.24) is 10.6 Å². The first-order valence-electron chi connectivity index (χ1n) is 5.61. The van der Waals surface area contributed by atoms with Gasteiger partial charge in [-0.2, -0.15) is 0 Å². The van der Waals surface area contributed by atoms with E-state index < -0.39 is 0 Å². The third-order valence-electron chi connectivity index (χ3n) is 1.74. The minimum atomic E-state index is -0.0815. The molecule has 0 aliphatic carbocycles. The lowest BCUT2D eigenvalue weighted by atomic mass is 10.4. The molecule has 0 saturated carbocycles. The van der Waals surface area contributed by atoms with Crippen LogP contribution < -0.4 is 10.6 Å². The zero-order valence-electron chi connectivity index (χ0n) is 10.1. The van der Waals surface area contributed by atoms with Gasteiger partial charge in [0.05, 0.1) is 31.1 Å². The van der Waals surface area contributed by atoms with E-state index in [0.29, 0.717) is 25.9 Å². The van der Waals surface area contributed by atoms with Gasteiger partial charge >= 0.3 is 0 Å². The SMILES string of the molecule is CC(C)NCCOCCOCCNC(S)S. The van der Waals surface area contributed by atoms with E-state index in [-0.39, 0.29) is 4.71 Å². The summed E-state index contributed by atoms with van der Waals surface area (Å²) in [5.74, 6) is 0. The summed E-state index contributed by atoms with van der Waals surface area (Å²) in [6, 6.07) is 0.515. The van der Waals surface area contributed by atoms with Crippen molar-refractivity contribution in [2.75, 3.05) is 39.5 Å². The highest BCUT2D eigenvalue weighted by atomic mass is 32.2. The average Bonchev–Trinajstić information content (AvgIpc) is 2.20. The van der Waals surface area contributed by atoms with Gasteiger partial charge in [0.25, 0.3) is 0 Å². The number of hydrogen-bond acceptors (Lipinski definition) is 6. The monoisotopic (exact) mass is 268 g/mol. The van der Waals surface area contributed by atoms with Gasteiger partial charge in [0.15, 0.2) is 0 Å². The molecule has 0 aromatic rings. The Kier molecular flexibility index (Phi) is 12.4. The van der Waals surface area contributed by atoms with Crippen molar-refractivity contribution >= 4 is 25.3 Å². The van der Waals surface area contributed by atoms with Gasteiger partial charge in [-0.3, -0.25) is 5.32 Å². The summed E-state index contributed by atoms with van der Waals surface area (Å²) in [6.45, 7) is 8.55. The summed E-state index contributed by atoms with van der Waals surface area (Å²) in [5.41, 5.74) is 0. The Morgan fingerprint density at radius 2 is 1.38 bits per heavy atom. The standard InChI is InChI=1S/C10H24N2O2S2/c1-9(2)11-3-5-13-7-8-14-6-4-12-10(15)16/h9-12,15-16H,3-8H2,1-2H3. The Morgan fingerprint density at radius 3 is 1.81 bits per heavy atom. The van der Waals surface area contributed by atoms with Crippen LogP contribution in [0.4, 0.5) is 0 Å². The van der Waals surface area contributed by atoms with E-state index in [4.69, 9.17) is 9.47 Å². The maximum Gasteiger partial charge on any atom is 0.0945 e. The maximum atomic E-state index is 5.37. The molecule has 98 valence electrons. The average molecular weight is 268 g/mol. The fraction of sp³-hybridized carbons (Fsp3) is 1.00. The first-order valence-corrected chi connectivity index (χ1v) is 6.64. The first kappa shape index (κ1) is 16.5. The molecule has 0 aromatic heterocycles. The molecule has 0 bridgehead atoms. The normalized spacial score (nSPS) is 11.6. The third kappa shape index (κ3) is 14.5. The van der Waals surface area contributed by atoms with E-state index in [9.17, 15) is 0 Å². The molecule has 0 aliphatic rings. The Balaban J connectivity index is 2.93. The van der Waals surface area contributed by atoms with Gasteiger partial charge in [0, 0.05) is 19.1 Å². The van der Waals surface area contributed by atoms with Gasteiger partial charge in [0.2, 0.25) is 0 Å². The molecule has 0 aliphatic heterocycles. The van der Waals surface area contributed by atoms with Gasteiger partial charge in [-0.25, -0.2) is 0 Å². The highest BCUT2D eigenvalue weighted by molar-refractivity contribution is 7.99. The van der Waals surface area contributed by atoms with Gasteiger partial charge in [-0.05, 0) is 0 Å². The second kappa shape index (κ2) is 12.0. The quantitative estimate of drug-likeness (QED) is 0.254. The Morgan fingerprint density at radius 1 is 0.875 bits per heavy atom. The molecule has 0 fully saturated rings. The largest absolute Gasteiger partial charge is 0.378 e. The van der Waals surface area contributed by atoms with Crippen molar-refractivity contribution in [2.45, 2.75) is 24.6 Å². The minimum absolute atomic E-state index is 0.0815. The highest BCUT2D eigenvalue weighted by Gasteiger charge is 1.94. The maximum absolute atomic E-state index is 5.37. The number of hydrogen-bond donors (Lipinski definition) is 4. The molecule has 0 radical (unpaired) electrons. The minimum Gasteiger partial charge on any atom is -0.378 e. The van der Waals surface area contributed by atoms with Crippen molar-refractivity contribution < 1.29 is 9.47 Å². The highest BCUT2D eigenvalue weighted by Crippen LogP contribution is 1.92. The molecule has 4 nitrogen and oxygen atoms in total. The van der Waals surface area contributed by atoms with Crippen LogP contribution in [-0.4, -0.2) is 50.3 Å². The second-order valence-corrected chi connectivity index (χ2v) is 5.10. The summed E-state index contributed by atoms with van der Waals surface area (Å²) in [5, 5.41) is 6.30. The Hall–Kier alpha value is 0.540. The van der Waals surface area contributed by atoms with E-state index in [2.05, 4.69) is 49.7 Å². The second-order valence-electron chi connectivity index (χ2n) is 3.66. The van der Waals surface area contributed by atoms with Crippen molar-refractivity contribution in [2.24, 2.45) is 0 Å². The van der Waals surface area contributed by atoms with Crippen molar-refractivity contribution in [3.63, 3.8) is 0 Å². The topological polar surface area (TPSA) is 42.5 Å².